The zero-order chi connectivity index (χ0) is 16.5. The molecule has 0 aliphatic heterocycles. The van der Waals surface area contributed by atoms with Crippen molar-refractivity contribution < 1.29 is 4.52 Å². The molecule has 9 heteroatoms. The third-order valence-corrected chi connectivity index (χ3v) is 4.23. The SMILES string of the molecule is CC(C)Cn1nnc2c1CC(c1nc(Cn3cncn3)no1)CC2. The van der Waals surface area contributed by atoms with Gasteiger partial charge in [0.25, 0.3) is 0 Å². The molecule has 0 saturated carbocycles. The van der Waals surface area contributed by atoms with E-state index in [1.54, 1.807) is 11.0 Å². The summed E-state index contributed by atoms with van der Waals surface area (Å²) in [5.41, 5.74) is 2.31. The van der Waals surface area contributed by atoms with Crippen molar-refractivity contribution in [3.05, 3.63) is 35.8 Å². The van der Waals surface area contributed by atoms with E-state index in [-0.39, 0.29) is 5.92 Å². The summed E-state index contributed by atoms with van der Waals surface area (Å²) in [5, 5.41) is 16.8. The minimum absolute atomic E-state index is 0.221. The van der Waals surface area contributed by atoms with Gasteiger partial charge in [-0.05, 0) is 18.8 Å². The van der Waals surface area contributed by atoms with E-state index in [0.29, 0.717) is 24.2 Å². The zero-order valence-electron chi connectivity index (χ0n) is 13.8. The molecule has 126 valence electrons. The number of aryl methyl sites for hydroxylation is 1. The molecular weight excluding hydrogens is 308 g/mol. The minimum Gasteiger partial charge on any atom is -0.339 e. The summed E-state index contributed by atoms with van der Waals surface area (Å²) >= 11 is 0. The van der Waals surface area contributed by atoms with Gasteiger partial charge in [-0.15, -0.1) is 5.10 Å². The molecule has 0 amide bonds. The first-order valence-corrected chi connectivity index (χ1v) is 8.25. The summed E-state index contributed by atoms with van der Waals surface area (Å²) in [6.07, 6.45) is 5.84. The smallest absolute Gasteiger partial charge is 0.230 e. The lowest BCUT2D eigenvalue weighted by Gasteiger charge is -2.19. The summed E-state index contributed by atoms with van der Waals surface area (Å²) in [5.74, 6) is 2.07. The van der Waals surface area contributed by atoms with Crippen LogP contribution in [0.15, 0.2) is 17.2 Å². The Balaban J connectivity index is 1.50. The molecule has 0 saturated heterocycles. The van der Waals surface area contributed by atoms with Crippen LogP contribution in [0.25, 0.3) is 0 Å². The van der Waals surface area contributed by atoms with Crippen LogP contribution in [-0.4, -0.2) is 39.9 Å². The fourth-order valence-electron chi connectivity index (χ4n) is 3.09. The van der Waals surface area contributed by atoms with Crippen molar-refractivity contribution in [2.75, 3.05) is 0 Å². The van der Waals surface area contributed by atoms with E-state index in [1.807, 2.05) is 4.68 Å². The third-order valence-electron chi connectivity index (χ3n) is 4.23. The molecule has 0 radical (unpaired) electrons. The quantitative estimate of drug-likeness (QED) is 0.694. The van der Waals surface area contributed by atoms with Crippen LogP contribution in [0, 0.1) is 5.92 Å². The molecule has 0 bridgehead atoms. The Hall–Kier alpha value is -2.58. The van der Waals surface area contributed by atoms with Crippen LogP contribution in [-0.2, 0) is 25.9 Å². The molecule has 1 atom stereocenters. The van der Waals surface area contributed by atoms with Gasteiger partial charge in [0, 0.05) is 18.9 Å². The van der Waals surface area contributed by atoms with Crippen molar-refractivity contribution >= 4 is 0 Å². The van der Waals surface area contributed by atoms with E-state index in [1.165, 1.54) is 12.0 Å². The number of hydrogen-bond donors (Lipinski definition) is 0. The van der Waals surface area contributed by atoms with Gasteiger partial charge in [-0.3, -0.25) is 0 Å². The predicted molar refractivity (Wildman–Crippen MR) is 83.0 cm³/mol. The lowest BCUT2D eigenvalue weighted by atomic mass is 9.89. The Labute approximate surface area is 139 Å². The highest BCUT2D eigenvalue weighted by atomic mass is 16.5. The molecule has 0 fully saturated rings. The van der Waals surface area contributed by atoms with E-state index in [4.69, 9.17) is 4.52 Å². The van der Waals surface area contributed by atoms with Gasteiger partial charge >= 0.3 is 0 Å². The van der Waals surface area contributed by atoms with Crippen LogP contribution in [0.3, 0.4) is 0 Å². The lowest BCUT2D eigenvalue weighted by Crippen LogP contribution is -2.18. The molecule has 9 nitrogen and oxygen atoms in total. The highest BCUT2D eigenvalue weighted by Crippen LogP contribution is 2.31. The molecule has 0 aromatic carbocycles. The first-order chi connectivity index (χ1) is 11.7. The number of aromatic nitrogens is 8. The molecule has 0 N–H and O–H groups in total. The van der Waals surface area contributed by atoms with Gasteiger partial charge in [-0.1, -0.05) is 24.2 Å². The van der Waals surface area contributed by atoms with E-state index in [0.717, 1.165) is 31.5 Å². The Kier molecular flexibility index (Phi) is 3.83. The maximum absolute atomic E-state index is 5.49. The average molecular weight is 328 g/mol. The Bertz CT molecular complexity index is 803. The Morgan fingerprint density at radius 2 is 2.29 bits per heavy atom. The van der Waals surface area contributed by atoms with Crippen molar-refractivity contribution in [2.45, 2.75) is 52.1 Å². The number of hydrogen-bond acceptors (Lipinski definition) is 7. The fourth-order valence-corrected chi connectivity index (χ4v) is 3.09. The van der Waals surface area contributed by atoms with Crippen LogP contribution >= 0.6 is 0 Å². The van der Waals surface area contributed by atoms with Gasteiger partial charge in [0.05, 0.1) is 11.4 Å². The van der Waals surface area contributed by atoms with Crippen molar-refractivity contribution in [1.29, 1.82) is 0 Å². The average Bonchev–Trinajstić information content (AvgIpc) is 3.29. The lowest BCUT2D eigenvalue weighted by molar-refractivity contribution is 0.332. The van der Waals surface area contributed by atoms with E-state index >= 15 is 0 Å². The molecular formula is C15H20N8O. The molecule has 4 rings (SSSR count). The van der Waals surface area contributed by atoms with Crippen LogP contribution in [0.5, 0.6) is 0 Å². The Morgan fingerprint density at radius 3 is 3.08 bits per heavy atom. The van der Waals surface area contributed by atoms with Gasteiger partial charge in [-0.25, -0.2) is 14.3 Å². The van der Waals surface area contributed by atoms with Crippen LogP contribution in [0.1, 0.15) is 49.3 Å². The summed E-state index contributed by atoms with van der Waals surface area (Å²) in [7, 11) is 0. The maximum Gasteiger partial charge on any atom is 0.230 e. The van der Waals surface area contributed by atoms with Gasteiger partial charge in [0.15, 0.2) is 5.82 Å². The molecule has 0 spiro atoms. The third kappa shape index (κ3) is 2.93. The van der Waals surface area contributed by atoms with Gasteiger partial charge in [-0.2, -0.15) is 10.1 Å². The zero-order valence-corrected chi connectivity index (χ0v) is 13.8. The fraction of sp³-hybridized carbons (Fsp3) is 0.600. The van der Waals surface area contributed by atoms with Crippen LogP contribution in [0.4, 0.5) is 0 Å². The van der Waals surface area contributed by atoms with Crippen LogP contribution in [0.2, 0.25) is 0 Å². The largest absolute Gasteiger partial charge is 0.339 e. The first kappa shape index (κ1) is 15.0. The van der Waals surface area contributed by atoms with Gasteiger partial charge < -0.3 is 4.52 Å². The first-order valence-electron chi connectivity index (χ1n) is 8.25. The highest BCUT2D eigenvalue weighted by Gasteiger charge is 2.29. The molecule has 1 aliphatic rings. The highest BCUT2D eigenvalue weighted by molar-refractivity contribution is 5.18. The number of nitrogens with zero attached hydrogens (tertiary/aromatic N) is 8. The van der Waals surface area contributed by atoms with Gasteiger partial charge in [0.2, 0.25) is 5.89 Å². The van der Waals surface area contributed by atoms with Crippen LogP contribution < -0.4 is 0 Å². The van der Waals surface area contributed by atoms with E-state index in [2.05, 4.69) is 44.4 Å². The van der Waals surface area contributed by atoms with E-state index < -0.39 is 0 Å². The normalized spacial score (nSPS) is 17.4. The second kappa shape index (κ2) is 6.14. The summed E-state index contributed by atoms with van der Waals surface area (Å²) in [4.78, 5) is 8.46. The molecule has 3 aromatic rings. The van der Waals surface area contributed by atoms with E-state index in [9.17, 15) is 0 Å². The number of fused-ring (bicyclic) bond motifs is 1. The molecule has 1 aliphatic carbocycles. The minimum atomic E-state index is 0.221. The summed E-state index contributed by atoms with van der Waals surface area (Å²) in [6.45, 7) is 5.72. The monoisotopic (exact) mass is 328 g/mol. The number of rotatable bonds is 5. The topological polar surface area (TPSA) is 100 Å². The predicted octanol–water partition coefficient (Wildman–Crippen LogP) is 1.23. The standard InChI is InChI=1S/C15H20N8O/c1-10(2)6-23-13-5-11(3-4-12(13)19-21-23)15-18-14(20-24-15)7-22-9-16-8-17-22/h8-11H,3-7H2,1-2H3. The molecule has 3 heterocycles. The van der Waals surface area contributed by atoms with Crippen molar-refractivity contribution in [2.24, 2.45) is 5.92 Å². The second-order valence-electron chi connectivity index (χ2n) is 6.64. The van der Waals surface area contributed by atoms with Crippen molar-refractivity contribution in [3.63, 3.8) is 0 Å². The molecule has 24 heavy (non-hydrogen) atoms. The molecule has 1 unspecified atom stereocenters. The Morgan fingerprint density at radius 1 is 1.38 bits per heavy atom. The second-order valence-corrected chi connectivity index (χ2v) is 6.64. The van der Waals surface area contributed by atoms with Crippen molar-refractivity contribution in [3.8, 4) is 0 Å². The molecule has 3 aromatic heterocycles. The van der Waals surface area contributed by atoms with Gasteiger partial charge in [0.1, 0.15) is 19.2 Å². The summed E-state index contributed by atoms with van der Waals surface area (Å²) < 4.78 is 9.20. The van der Waals surface area contributed by atoms with Crippen molar-refractivity contribution in [1.82, 2.24) is 39.9 Å². The maximum atomic E-state index is 5.49. The summed E-state index contributed by atoms with van der Waals surface area (Å²) in [6, 6.07) is 0.